The molecule has 3 aromatic heterocycles. The maximum Gasteiger partial charge on any atom is 0.234 e. The van der Waals surface area contributed by atoms with Crippen molar-refractivity contribution in [2.75, 3.05) is 17.3 Å². The summed E-state index contributed by atoms with van der Waals surface area (Å²) in [7, 11) is -14.0. The number of nitrogens with one attached hydrogen (secondary N) is 3. The summed E-state index contributed by atoms with van der Waals surface area (Å²) in [6, 6.07) is 39.0. The van der Waals surface area contributed by atoms with Gasteiger partial charge in [-0.15, -0.1) is 0 Å². The Bertz CT molecular complexity index is 3970. The first-order valence-electron chi connectivity index (χ1n) is 32.2. The summed E-state index contributed by atoms with van der Waals surface area (Å²) < 4.78 is 115. The average Bonchev–Trinajstić information content (AvgIpc) is 1.67. The van der Waals surface area contributed by atoms with Crippen molar-refractivity contribution in [3.8, 4) is 0 Å². The fraction of sp³-hybridized carbons (Fsp3) is 0.435. The van der Waals surface area contributed by atoms with Crippen molar-refractivity contribution >= 4 is 81.7 Å². The highest BCUT2D eigenvalue weighted by Gasteiger charge is 2.30. The van der Waals surface area contributed by atoms with Gasteiger partial charge >= 0.3 is 0 Å². The minimum Gasteiger partial charge on any atom is -0.264 e. The fourth-order valence-electron chi connectivity index (χ4n) is 12.9. The van der Waals surface area contributed by atoms with E-state index in [4.69, 9.17) is 10.2 Å². The Morgan fingerprint density at radius 3 is 1.35 bits per heavy atom. The number of aromatic nitrogens is 6. The third kappa shape index (κ3) is 19.6. The average molecular weight is 1360 g/mol. The number of sulfonamides is 3. The first-order chi connectivity index (χ1) is 44.3. The predicted octanol–water partition coefficient (Wildman–Crippen LogP) is 12.2. The highest BCUT2D eigenvalue weighted by molar-refractivity contribution is 7.98. The van der Waals surface area contributed by atoms with E-state index in [9.17, 15) is 33.7 Å². The monoisotopic (exact) mass is 1360 g/mol. The van der Waals surface area contributed by atoms with Crippen LogP contribution in [0.15, 0.2) is 138 Å². The van der Waals surface area contributed by atoms with Crippen molar-refractivity contribution in [2.24, 2.45) is 11.8 Å². The smallest absolute Gasteiger partial charge is 0.234 e. The molecule has 0 spiro atoms. The van der Waals surface area contributed by atoms with Crippen LogP contribution in [-0.2, 0) is 96.1 Å². The van der Waals surface area contributed by atoms with Gasteiger partial charge in [0, 0.05) is 80.4 Å². The van der Waals surface area contributed by atoms with Crippen molar-refractivity contribution in [1.82, 2.24) is 43.5 Å². The lowest BCUT2D eigenvalue weighted by molar-refractivity contribution is 0.303. The number of rotatable bonds is 21. The molecule has 492 valence electrons. The molecule has 6 heterocycles. The van der Waals surface area contributed by atoms with Crippen molar-refractivity contribution in [3.63, 3.8) is 0 Å². The van der Waals surface area contributed by atoms with Crippen LogP contribution >= 0.6 is 23.5 Å². The third-order valence-electron chi connectivity index (χ3n) is 17.8. The maximum absolute atomic E-state index is 12.7. The van der Waals surface area contributed by atoms with Crippen LogP contribution in [0, 0.1) is 11.8 Å². The van der Waals surface area contributed by atoms with Gasteiger partial charge in [0.15, 0.2) is 9.84 Å². The number of benzene rings is 4. The highest BCUT2D eigenvalue weighted by Crippen LogP contribution is 2.33. The number of aryl methyl sites for hydroxylation is 1. The van der Waals surface area contributed by atoms with E-state index in [0.717, 1.165) is 89.5 Å². The Morgan fingerprint density at radius 2 is 0.902 bits per heavy atom. The van der Waals surface area contributed by atoms with Gasteiger partial charge in [0.25, 0.3) is 0 Å². The van der Waals surface area contributed by atoms with Crippen LogP contribution in [-0.4, -0.2) is 92.4 Å². The Labute approximate surface area is 553 Å². The molecule has 23 heteroatoms. The van der Waals surface area contributed by atoms with Crippen LogP contribution < -0.4 is 14.2 Å². The molecule has 0 bridgehead atoms. The van der Waals surface area contributed by atoms with Crippen LogP contribution in [0.2, 0.25) is 0 Å². The number of sulfone groups is 1. The van der Waals surface area contributed by atoms with Gasteiger partial charge in [0.05, 0.1) is 53.9 Å². The fourth-order valence-corrected chi connectivity index (χ4v) is 19.5. The Morgan fingerprint density at radius 1 is 0.500 bits per heavy atom. The molecule has 0 amide bonds. The van der Waals surface area contributed by atoms with Crippen molar-refractivity contribution in [2.45, 2.75) is 159 Å². The SMILES string of the molecule is C[C@@H](NS(=O)(=O)/C=C/c1nn(Cc2ccccc2)c2c1CSCC2)C1CCCCC1.C[C@H](NS(=O)(=O)/C=C/c1c2c(nn1Cc1ccccc1)CCS(=O)(=O)C2)c1ccccc1.C[C@H](NS(=O)(=O)/C=C/c1nn(Cc2ccccc2)c2c1CSCC2)C1CCCCC1. The molecule has 2 aliphatic carbocycles. The van der Waals surface area contributed by atoms with Gasteiger partial charge in [0.2, 0.25) is 30.1 Å². The molecule has 4 aromatic carbocycles. The molecule has 17 nitrogen and oxygen atoms in total. The van der Waals surface area contributed by atoms with Crippen molar-refractivity contribution < 1.29 is 33.7 Å². The van der Waals surface area contributed by atoms with E-state index in [-0.39, 0.29) is 23.6 Å². The lowest BCUT2D eigenvalue weighted by Crippen LogP contribution is -2.37. The minimum atomic E-state index is -3.77. The van der Waals surface area contributed by atoms with Gasteiger partial charge in [0.1, 0.15) is 0 Å². The second-order valence-corrected chi connectivity index (χ2v) is 33.9. The van der Waals surface area contributed by atoms with E-state index >= 15 is 0 Å². The van der Waals surface area contributed by atoms with Gasteiger partial charge in [-0.1, -0.05) is 160 Å². The topological polar surface area (TPSA) is 226 Å². The largest absolute Gasteiger partial charge is 0.264 e. The second kappa shape index (κ2) is 32.0. The number of hydrogen-bond donors (Lipinski definition) is 3. The van der Waals surface area contributed by atoms with Gasteiger partial charge < -0.3 is 0 Å². The van der Waals surface area contributed by atoms with E-state index in [1.165, 1.54) is 89.1 Å². The van der Waals surface area contributed by atoms with E-state index in [1.807, 2.05) is 134 Å². The van der Waals surface area contributed by atoms with Crippen LogP contribution in [0.5, 0.6) is 0 Å². The molecule has 2 fully saturated rings. The highest BCUT2D eigenvalue weighted by atomic mass is 32.2. The first kappa shape index (κ1) is 69.0. The summed E-state index contributed by atoms with van der Waals surface area (Å²) in [5.41, 5.74) is 12.4. The molecule has 3 N–H and O–H groups in total. The Kier molecular flexibility index (Phi) is 24.0. The van der Waals surface area contributed by atoms with Gasteiger partial charge in [-0.25, -0.2) is 47.8 Å². The predicted molar refractivity (Wildman–Crippen MR) is 374 cm³/mol. The lowest BCUT2D eigenvalue weighted by Gasteiger charge is -2.27. The number of nitrogens with zero attached hydrogens (tertiary/aromatic N) is 6. The summed E-state index contributed by atoms with van der Waals surface area (Å²) in [6.45, 7) is 7.61. The lowest BCUT2D eigenvalue weighted by atomic mass is 9.85. The molecule has 3 aliphatic heterocycles. The van der Waals surface area contributed by atoms with E-state index in [2.05, 4.69) is 52.9 Å². The normalized spacial score (nSPS) is 18.2. The molecule has 7 aromatic rings. The summed E-state index contributed by atoms with van der Waals surface area (Å²) in [4.78, 5) is 0. The molecule has 0 radical (unpaired) electrons. The zero-order valence-corrected chi connectivity index (χ0v) is 57.8. The molecule has 0 saturated heterocycles. The van der Waals surface area contributed by atoms with E-state index in [1.54, 1.807) is 23.8 Å². The molecule has 12 rings (SSSR count). The summed E-state index contributed by atoms with van der Waals surface area (Å²) in [5.74, 6) is 4.73. The van der Waals surface area contributed by atoms with Gasteiger partial charge in [-0.2, -0.15) is 38.8 Å². The first-order valence-corrected chi connectivity index (χ1v) is 40.9. The molecular formula is C69H87N9O8S6. The molecule has 5 aliphatic rings. The van der Waals surface area contributed by atoms with Crippen LogP contribution in [0.25, 0.3) is 18.2 Å². The van der Waals surface area contributed by atoms with Crippen LogP contribution in [0.1, 0.15) is 164 Å². The summed E-state index contributed by atoms with van der Waals surface area (Å²) >= 11 is 3.76. The molecule has 0 unspecified atom stereocenters. The van der Waals surface area contributed by atoms with Gasteiger partial charge in [-0.3, -0.25) is 14.0 Å². The van der Waals surface area contributed by atoms with Gasteiger partial charge in [-0.05, 0) is 123 Å². The summed E-state index contributed by atoms with van der Waals surface area (Å²) in [5, 5.41) is 17.9. The van der Waals surface area contributed by atoms with Crippen molar-refractivity contribution in [3.05, 3.63) is 211 Å². The Hall–Kier alpha value is -5.89. The summed E-state index contributed by atoms with van der Waals surface area (Å²) in [6.07, 6.45) is 18.9. The molecule has 92 heavy (non-hydrogen) atoms. The number of hydrogen-bond acceptors (Lipinski definition) is 13. The van der Waals surface area contributed by atoms with E-state index in [0.29, 0.717) is 54.8 Å². The number of fused-ring (bicyclic) bond motifs is 3. The minimum absolute atomic E-state index is 0.0277. The molecule has 2 saturated carbocycles. The maximum atomic E-state index is 12.7. The molecular weight excluding hydrogens is 1280 g/mol. The number of thioether (sulfide) groups is 2. The third-order valence-corrected chi connectivity index (χ3v) is 24.9. The quantitative estimate of drug-likeness (QED) is 0.0609. The zero-order chi connectivity index (χ0) is 64.7. The van der Waals surface area contributed by atoms with Crippen LogP contribution in [0.4, 0.5) is 0 Å². The Balaban J connectivity index is 0.000000151. The standard InChI is InChI=1S/C23H25N3O4S2.2C23H31N3O2S2/c1-18(20-10-6-3-7-11-20)25-32(29,30)15-13-23-21-17-31(27,28)14-12-22(21)24-26(23)16-19-8-4-2-5-9-19;2*1-18(20-10-6-3-7-11-20)25-30(27,28)15-13-22-21-17-29-14-12-23(21)26(24-22)16-19-8-4-2-5-9-19/h2-11,13,15,18,25H,12,14,16-17H2,1H3;2*2,4-5,8-9,13,15,18,20,25H,3,6-7,10-12,14,16-17H2,1H3/b3*15-13+/t3*18-/m010/s1. The van der Waals surface area contributed by atoms with Crippen molar-refractivity contribution in [1.29, 1.82) is 0 Å². The second-order valence-electron chi connectivity index (χ2n) is 24.7. The zero-order valence-electron chi connectivity index (χ0n) is 52.9. The van der Waals surface area contributed by atoms with Crippen LogP contribution in [0.3, 0.4) is 0 Å². The molecule has 3 atom stereocenters. The van der Waals surface area contributed by atoms with E-state index < -0.39 is 45.9 Å².